The highest BCUT2D eigenvalue weighted by atomic mass is 15.2. The molecule has 22 heavy (non-hydrogen) atoms. The normalized spacial score (nSPS) is 11.5. The molecule has 0 saturated heterocycles. The van der Waals surface area contributed by atoms with Crippen molar-refractivity contribution in [2.45, 2.75) is 6.92 Å². The number of benzene rings is 2. The summed E-state index contributed by atoms with van der Waals surface area (Å²) in [7, 11) is 1.82. The summed E-state index contributed by atoms with van der Waals surface area (Å²) in [6, 6.07) is 10.8. The summed E-state index contributed by atoms with van der Waals surface area (Å²) in [4.78, 5) is 13.4. The molecule has 0 aliphatic heterocycles. The van der Waals surface area contributed by atoms with E-state index in [9.17, 15) is 0 Å². The molecule has 1 heterocycles. The Morgan fingerprint density at radius 2 is 1.91 bits per heavy atom. The number of fused-ring (bicyclic) bond motifs is 1. The van der Waals surface area contributed by atoms with Crippen molar-refractivity contribution in [2.24, 2.45) is 5.11 Å². The molecular weight excluding hydrogens is 276 g/mol. The molecule has 0 N–H and O–H groups in total. The van der Waals surface area contributed by atoms with Crippen LogP contribution in [0.2, 0.25) is 0 Å². The highest BCUT2D eigenvalue weighted by Gasteiger charge is 2.11. The van der Waals surface area contributed by atoms with Gasteiger partial charge >= 0.3 is 0 Å². The Bertz CT molecular complexity index is 958. The zero-order valence-corrected chi connectivity index (χ0v) is 12.1. The first-order valence-electron chi connectivity index (χ1n) is 7.64. The van der Waals surface area contributed by atoms with Crippen LogP contribution in [0.25, 0.3) is 21.3 Å². The average Bonchev–Trinajstić information content (AvgIpc) is 2.56. The maximum Gasteiger partial charge on any atom is 0.144 e. The summed E-state index contributed by atoms with van der Waals surface area (Å²) >= 11 is 0. The van der Waals surface area contributed by atoms with Gasteiger partial charge in [0.15, 0.2) is 0 Å². The predicted octanol–water partition coefficient (Wildman–Crippen LogP) is 4.65. The number of rotatable bonds is 3. The first kappa shape index (κ1) is 11.5. The zero-order valence-electron chi connectivity index (χ0n) is 14.1. The number of para-hydroxylation sites is 1. The Kier molecular flexibility index (Phi) is 3.00. The molecule has 0 spiro atoms. The van der Waals surface area contributed by atoms with E-state index in [1.807, 2.05) is 38.2 Å². The van der Waals surface area contributed by atoms with Gasteiger partial charge in [-0.2, -0.15) is 0 Å². The van der Waals surface area contributed by atoms with Gasteiger partial charge in [0.2, 0.25) is 0 Å². The minimum Gasteiger partial charge on any atom is -0.329 e. The van der Waals surface area contributed by atoms with Gasteiger partial charge in [0.25, 0.3) is 0 Å². The van der Waals surface area contributed by atoms with Gasteiger partial charge in [-0.25, -0.2) is 9.97 Å². The van der Waals surface area contributed by atoms with Gasteiger partial charge in [-0.15, -0.1) is 0 Å². The molecule has 0 atom stereocenters. The largest absolute Gasteiger partial charge is 0.329 e. The van der Waals surface area contributed by atoms with Crippen molar-refractivity contribution in [3.63, 3.8) is 0 Å². The number of anilines is 2. The topological polar surface area (TPSA) is 77.8 Å². The average molecular weight is 294 g/mol. The van der Waals surface area contributed by atoms with Crippen molar-refractivity contribution in [1.29, 1.82) is 0 Å². The van der Waals surface area contributed by atoms with E-state index in [4.69, 9.17) is 8.27 Å². The second kappa shape index (κ2) is 5.71. The Labute approximate surface area is 130 Å². The lowest BCUT2D eigenvalue weighted by Crippen LogP contribution is -2.12. The van der Waals surface area contributed by atoms with Crippen molar-refractivity contribution >= 4 is 28.1 Å². The van der Waals surface area contributed by atoms with E-state index < -0.39 is 0 Å². The fourth-order valence-electron chi connectivity index (χ4n) is 2.22. The van der Waals surface area contributed by atoms with Crippen molar-refractivity contribution < 1.29 is 2.74 Å². The molecule has 0 fully saturated rings. The van der Waals surface area contributed by atoms with E-state index in [0.717, 1.165) is 10.9 Å². The lowest BCUT2D eigenvalue weighted by Gasteiger charge is -2.20. The molecule has 3 rings (SSSR count). The molecule has 0 amide bonds. The van der Waals surface area contributed by atoms with E-state index in [-0.39, 0.29) is 17.8 Å². The van der Waals surface area contributed by atoms with Crippen molar-refractivity contribution in [1.82, 2.24) is 9.97 Å². The maximum absolute atomic E-state index is 8.54. The zero-order chi connectivity index (χ0) is 17.3. The first-order chi connectivity index (χ1) is 11.5. The lowest BCUT2D eigenvalue weighted by molar-refractivity contribution is 1.04. The quantitative estimate of drug-likeness (QED) is 0.401. The Morgan fingerprint density at radius 1 is 1.18 bits per heavy atom. The summed E-state index contributed by atoms with van der Waals surface area (Å²) in [6.07, 6.45) is 0. The lowest BCUT2D eigenvalue weighted by atomic mass is 10.2. The standard InChI is InChI=1S/C16H14N6/c1-11-18-15-6-4-3-5-14(15)16(19-11)22(2)13-9-7-12(8-10-13)20-21-17/h3-10H,1-2H3/i7T,8T. The molecule has 6 nitrogen and oxygen atoms in total. The Morgan fingerprint density at radius 3 is 2.64 bits per heavy atom. The van der Waals surface area contributed by atoms with E-state index in [2.05, 4.69) is 20.0 Å². The van der Waals surface area contributed by atoms with Crippen LogP contribution in [0.5, 0.6) is 0 Å². The summed E-state index contributed by atoms with van der Waals surface area (Å²) < 4.78 is 15.9. The molecule has 108 valence electrons. The third-order valence-corrected chi connectivity index (χ3v) is 3.26. The fourth-order valence-corrected chi connectivity index (χ4v) is 2.22. The van der Waals surface area contributed by atoms with Gasteiger partial charge in [0.05, 0.1) is 8.26 Å². The molecule has 3 aromatic rings. The molecule has 2 aromatic carbocycles. The van der Waals surface area contributed by atoms with Crippen LogP contribution in [-0.4, -0.2) is 17.0 Å². The summed E-state index contributed by atoms with van der Waals surface area (Å²) in [5.74, 6) is 1.33. The minimum atomic E-state index is -0.00256. The van der Waals surface area contributed by atoms with Gasteiger partial charge < -0.3 is 4.90 Å². The van der Waals surface area contributed by atoms with Gasteiger partial charge in [-0.1, -0.05) is 29.3 Å². The van der Waals surface area contributed by atoms with Gasteiger partial charge in [0.1, 0.15) is 11.6 Å². The van der Waals surface area contributed by atoms with Crippen LogP contribution in [0, 0.1) is 6.92 Å². The van der Waals surface area contributed by atoms with Crippen LogP contribution >= 0.6 is 0 Å². The highest BCUT2D eigenvalue weighted by Crippen LogP contribution is 2.29. The monoisotopic (exact) mass is 294 g/mol. The number of hydrogen-bond acceptors (Lipinski definition) is 4. The van der Waals surface area contributed by atoms with Crippen LogP contribution < -0.4 is 4.90 Å². The molecule has 1 aromatic heterocycles. The fraction of sp³-hybridized carbons (Fsp3) is 0.125. The van der Waals surface area contributed by atoms with Gasteiger partial charge in [-0.05, 0) is 36.7 Å². The molecule has 0 bridgehead atoms. The van der Waals surface area contributed by atoms with Crippen LogP contribution in [0.15, 0.2) is 53.6 Å². The summed E-state index contributed by atoms with van der Waals surface area (Å²) in [6.45, 7) is 1.82. The third kappa shape index (κ3) is 2.55. The first-order valence-corrected chi connectivity index (χ1v) is 6.64. The molecule has 6 heteroatoms. The number of hydrogen-bond donors (Lipinski definition) is 0. The van der Waals surface area contributed by atoms with Gasteiger partial charge in [0, 0.05) is 28.7 Å². The number of aryl methyl sites for hydroxylation is 1. The van der Waals surface area contributed by atoms with E-state index in [1.54, 1.807) is 17.0 Å². The van der Waals surface area contributed by atoms with Crippen molar-refractivity contribution in [3.05, 3.63) is 64.8 Å². The minimum absolute atomic E-state index is 0.00256. The maximum atomic E-state index is 8.54. The second-order valence-corrected chi connectivity index (χ2v) is 4.71. The number of nitrogens with zero attached hydrogens (tertiary/aromatic N) is 6. The third-order valence-electron chi connectivity index (χ3n) is 3.26. The smallest absolute Gasteiger partial charge is 0.144 e. The number of aromatic nitrogens is 2. The Hall–Kier alpha value is -3.11. The van der Waals surface area contributed by atoms with Gasteiger partial charge in [-0.3, -0.25) is 0 Å². The van der Waals surface area contributed by atoms with E-state index >= 15 is 0 Å². The summed E-state index contributed by atoms with van der Waals surface area (Å²) in [5.41, 5.74) is 10.00. The molecule has 0 aliphatic rings. The van der Waals surface area contributed by atoms with Crippen molar-refractivity contribution in [2.75, 3.05) is 11.9 Å². The van der Waals surface area contributed by atoms with Crippen molar-refractivity contribution in [3.8, 4) is 0 Å². The molecular formula is C16H14N6. The molecule has 0 saturated carbocycles. The molecule has 0 unspecified atom stereocenters. The molecule has 0 aliphatic carbocycles. The van der Waals surface area contributed by atoms with Crippen LogP contribution in [0.4, 0.5) is 17.2 Å². The second-order valence-electron chi connectivity index (χ2n) is 4.71. The van der Waals surface area contributed by atoms with E-state index in [0.29, 0.717) is 17.3 Å². The Balaban J connectivity index is 2.16. The van der Waals surface area contributed by atoms with Crippen LogP contribution in [-0.2, 0) is 0 Å². The molecule has 0 radical (unpaired) electrons. The summed E-state index contributed by atoms with van der Waals surface area (Å²) in [5, 5.41) is 4.28. The van der Waals surface area contributed by atoms with Crippen LogP contribution in [0.1, 0.15) is 8.57 Å². The number of azide groups is 1. The van der Waals surface area contributed by atoms with Crippen LogP contribution in [0.3, 0.4) is 0 Å². The SMILES string of the molecule is [3H]c1cc(N(C)c2nc(C)nc3ccccc23)cc([3H])c1N=[N+]=[N-]. The highest BCUT2D eigenvalue weighted by molar-refractivity contribution is 5.91. The van der Waals surface area contributed by atoms with E-state index in [1.165, 1.54) is 0 Å². The predicted molar refractivity (Wildman–Crippen MR) is 87.6 cm³/mol.